The van der Waals surface area contributed by atoms with E-state index in [-0.39, 0.29) is 55.1 Å². The Morgan fingerprint density at radius 2 is 1.33 bits per heavy atom. The Hall–Kier alpha value is -5.51. The molecular formula is C58H59N4OPt-. The first-order chi connectivity index (χ1) is 29.8. The fourth-order valence-electron chi connectivity index (χ4n) is 10.4. The number of anilines is 1. The maximum Gasteiger partial charge on any atom is 0.148 e. The molecule has 1 N–H and O–H groups in total. The van der Waals surface area contributed by atoms with Crippen molar-refractivity contribution >= 4 is 44.1 Å². The molecule has 1 aliphatic heterocycles. The third kappa shape index (κ3) is 7.10. The van der Waals surface area contributed by atoms with Crippen molar-refractivity contribution in [2.75, 3.05) is 4.90 Å². The molecule has 0 saturated carbocycles. The van der Waals surface area contributed by atoms with Crippen molar-refractivity contribution in [2.45, 2.75) is 118 Å². The molecule has 0 bridgehead atoms. The molecule has 2 aliphatic rings. The molecule has 64 heavy (non-hydrogen) atoms. The maximum absolute atomic E-state index is 12.4. The summed E-state index contributed by atoms with van der Waals surface area (Å²) in [4.78, 5) is 13.8. The van der Waals surface area contributed by atoms with Gasteiger partial charge in [-0.2, -0.15) is 0 Å². The summed E-state index contributed by atoms with van der Waals surface area (Å²) >= 11 is 0. The van der Waals surface area contributed by atoms with E-state index in [0.29, 0.717) is 5.82 Å². The molecule has 10 rings (SSSR count). The van der Waals surface area contributed by atoms with Crippen LogP contribution in [0.5, 0.6) is 5.75 Å². The molecule has 1 aromatic heterocycles. The minimum absolute atomic E-state index is 0. The van der Waals surface area contributed by atoms with Crippen molar-refractivity contribution in [1.29, 1.82) is 0 Å². The standard InChI is InChI=1S/C58H59N4O.Pt/c1-33-27-34(2)52(35(3)28-33)62-48-30-38-15-13-14-16-43(38)50(48)59-54(62)39-20-18-36-17-19-37-21-26-47-51(49(37)44(36)29-39)60-55(61(47)42-24-22-40(23-25-42)56(4,5)6)45-31-41(57(7,8)9)32-46(53(45)63)58(10,11)12;/h13-28,31-32,48,50,63H,30H2,1-12H3;/q-1;/t48-,50+;/m1./s1. The molecule has 328 valence electrons. The van der Waals surface area contributed by atoms with Gasteiger partial charge in [-0.25, -0.2) is 4.98 Å². The van der Waals surface area contributed by atoms with Crippen LogP contribution in [-0.4, -0.2) is 26.5 Å². The smallest absolute Gasteiger partial charge is 0.148 e. The van der Waals surface area contributed by atoms with Crippen molar-refractivity contribution in [3.8, 4) is 22.8 Å². The quantitative estimate of drug-likeness (QED) is 0.141. The second-order valence-corrected chi connectivity index (χ2v) is 21.4. The van der Waals surface area contributed by atoms with Crippen LogP contribution in [0.3, 0.4) is 0 Å². The summed E-state index contributed by atoms with van der Waals surface area (Å²) < 4.78 is 2.25. The number of aromatic nitrogens is 2. The van der Waals surface area contributed by atoms with Crippen LogP contribution in [0.2, 0.25) is 0 Å². The monoisotopic (exact) mass is 1020 g/mol. The predicted octanol–water partition coefficient (Wildman–Crippen LogP) is 14.3. The Bertz CT molecular complexity index is 3180. The van der Waals surface area contributed by atoms with Gasteiger partial charge >= 0.3 is 0 Å². The first-order valence-electron chi connectivity index (χ1n) is 22.6. The van der Waals surface area contributed by atoms with Gasteiger partial charge in [0.25, 0.3) is 0 Å². The van der Waals surface area contributed by atoms with E-state index in [0.717, 1.165) is 72.8 Å². The van der Waals surface area contributed by atoms with E-state index >= 15 is 0 Å². The number of hydrogen-bond acceptors (Lipinski definition) is 4. The van der Waals surface area contributed by atoms with E-state index in [4.69, 9.17) is 9.98 Å². The number of phenolic OH excluding ortho intramolecular Hbond substituents is 1. The summed E-state index contributed by atoms with van der Waals surface area (Å²) in [5, 5.41) is 16.6. The van der Waals surface area contributed by atoms with Gasteiger partial charge in [0.15, 0.2) is 0 Å². The van der Waals surface area contributed by atoms with Gasteiger partial charge in [0.1, 0.15) is 11.6 Å². The number of hydrogen-bond donors (Lipinski definition) is 1. The summed E-state index contributed by atoms with van der Waals surface area (Å²) in [6, 6.07) is 44.1. The second-order valence-electron chi connectivity index (χ2n) is 21.4. The first-order valence-corrected chi connectivity index (χ1v) is 22.6. The number of phenols is 1. The van der Waals surface area contributed by atoms with Gasteiger partial charge in [-0.15, -0.1) is 23.6 Å². The third-order valence-electron chi connectivity index (χ3n) is 13.7. The van der Waals surface area contributed by atoms with E-state index in [1.165, 1.54) is 39.1 Å². The number of amidine groups is 1. The van der Waals surface area contributed by atoms with Gasteiger partial charge in [0.2, 0.25) is 0 Å². The summed E-state index contributed by atoms with van der Waals surface area (Å²) in [5.41, 5.74) is 15.1. The molecule has 0 fully saturated rings. The number of nitrogens with zero attached hydrogens (tertiary/aromatic N) is 4. The normalized spacial score (nSPS) is 16.4. The van der Waals surface area contributed by atoms with Gasteiger partial charge in [-0.05, 0) is 112 Å². The molecule has 0 spiro atoms. The molecule has 0 amide bonds. The summed E-state index contributed by atoms with van der Waals surface area (Å²) in [5.74, 6) is 1.95. The molecule has 7 aromatic carbocycles. The molecule has 6 heteroatoms. The van der Waals surface area contributed by atoms with E-state index in [1.54, 1.807) is 0 Å². The van der Waals surface area contributed by atoms with E-state index in [2.05, 4.69) is 208 Å². The number of rotatable bonds is 4. The topological polar surface area (TPSA) is 53.6 Å². The van der Waals surface area contributed by atoms with E-state index in [1.807, 2.05) is 0 Å². The minimum Gasteiger partial charge on any atom is -0.507 e. The number of aryl methyl sites for hydroxylation is 3. The number of imidazole rings is 1. The number of fused-ring (bicyclic) bond motifs is 8. The van der Waals surface area contributed by atoms with Gasteiger partial charge in [0.05, 0.1) is 34.5 Å². The molecule has 5 nitrogen and oxygen atoms in total. The first kappa shape index (κ1) is 43.7. The fourth-order valence-corrected chi connectivity index (χ4v) is 10.4. The van der Waals surface area contributed by atoms with Gasteiger partial charge < -0.3 is 10.0 Å². The molecule has 0 radical (unpaired) electrons. The number of aliphatic imine (C=N–C) groups is 1. The Morgan fingerprint density at radius 1 is 0.688 bits per heavy atom. The summed E-state index contributed by atoms with van der Waals surface area (Å²) in [6.45, 7) is 26.6. The Morgan fingerprint density at radius 3 is 2.00 bits per heavy atom. The average molecular weight is 1020 g/mol. The van der Waals surface area contributed by atoms with Crippen molar-refractivity contribution in [3.05, 3.63) is 165 Å². The molecule has 0 unspecified atom stereocenters. The van der Waals surface area contributed by atoms with Crippen LogP contribution in [0.15, 0.2) is 114 Å². The zero-order valence-corrected chi connectivity index (χ0v) is 41.6. The van der Waals surface area contributed by atoms with E-state index < -0.39 is 0 Å². The average Bonchev–Trinajstić information content (AvgIpc) is 3.89. The van der Waals surface area contributed by atoms with Crippen LogP contribution in [0.25, 0.3) is 49.7 Å². The zero-order chi connectivity index (χ0) is 44.5. The molecular weight excluding hydrogens is 964 g/mol. The predicted molar refractivity (Wildman–Crippen MR) is 264 cm³/mol. The molecule has 0 saturated heterocycles. The molecule has 1 aliphatic carbocycles. The van der Waals surface area contributed by atoms with Gasteiger partial charge in [0, 0.05) is 38.0 Å². The summed E-state index contributed by atoms with van der Waals surface area (Å²) in [6.07, 6.45) is 0.939. The van der Waals surface area contributed by atoms with Crippen molar-refractivity contribution < 1.29 is 26.2 Å². The van der Waals surface area contributed by atoms with Crippen LogP contribution in [0, 0.1) is 26.8 Å². The molecule has 2 heterocycles. The largest absolute Gasteiger partial charge is 0.507 e. The van der Waals surface area contributed by atoms with Crippen LogP contribution < -0.4 is 4.90 Å². The van der Waals surface area contributed by atoms with E-state index in [9.17, 15) is 5.11 Å². The molecule has 2 atom stereocenters. The third-order valence-corrected chi connectivity index (χ3v) is 13.7. The van der Waals surface area contributed by atoms with Gasteiger partial charge in [-0.3, -0.25) is 9.56 Å². The zero-order valence-electron chi connectivity index (χ0n) is 39.3. The fraction of sp³-hybridized carbons (Fsp3) is 0.310. The van der Waals surface area contributed by atoms with Crippen LogP contribution in [0.4, 0.5) is 5.69 Å². The SMILES string of the molecule is Cc1cc(C)c(N2C(c3[c-]c4c(cc3)ccc3ccc5c(nc(-c6cc(C(C)(C)C)cc(C(C)(C)C)c6O)n5-c5ccc(C(C)(C)C)cc5)c34)=N[C@H]3c4ccccc4C[C@H]32)c(C)c1.[Pt]. The maximum atomic E-state index is 12.4. The van der Waals surface area contributed by atoms with Crippen LogP contribution in [0.1, 0.15) is 118 Å². The summed E-state index contributed by atoms with van der Waals surface area (Å²) in [7, 11) is 0. The van der Waals surface area contributed by atoms with Crippen LogP contribution in [-0.2, 0) is 43.7 Å². The Kier molecular flexibility index (Phi) is 10.5. The Balaban J connectivity index is 0.00000518. The van der Waals surface area contributed by atoms with Crippen molar-refractivity contribution in [1.82, 2.24) is 9.55 Å². The van der Waals surface area contributed by atoms with Crippen molar-refractivity contribution in [2.24, 2.45) is 4.99 Å². The van der Waals surface area contributed by atoms with Crippen LogP contribution >= 0.6 is 0 Å². The van der Waals surface area contributed by atoms with Crippen molar-refractivity contribution in [3.63, 3.8) is 0 Å². The number of benzene rings is 7. The second kappa shape index (κ2) is 15.3. The Labute approximate surface area is 393 Å². The minimum atomic E-state index is -0.299. The number of aromatic hydroxyl groups is 1. The van der Waals surface area contributed by atoms with Gasteiger partial charge in [-0.1, -0.05) is 152 Å². The molecule has 8 aromatic rings.